The highest BCUT2D eigenvalue weighted by Gasteiger charge is 2.21. The van der Waals surface area contributed by atoms with Gasteiger partial charge in [-0.2, -0.15) is 0 Å². The van der Waals surface area contributed by atoms with Gasteiger partial charge in [-0.1, -0.05) is 36.4 Å². The lowest BCUT2D eigenvalue weighted by Crippen LogP contribution is -2.41. The molecule has 31 heavy (non-hydrogen) atoms. The van der Waals surface area contributed by atoms with E-state index in [1.54, 1.807) is 36.1 Å². The van der Waals surface area contributed by atoms with E-state index in [0.717, 1.165) is 5.56 Å². The molecule has 1 aliphatic heterocycles. The second kappa shape index (κ2) is 8.93. The fourth-order valence-electron chi connectivity index (χ4n) is 3.31. The maximum atomic E-state index is 12.1. The molecule has 4 rings (SSSR count). The number of aliphatic imine (C=N–C) groups is 1. The highest BCUT2D eigenvalue weighted by Crippen LogP contribution is 2.28. The van der Waals surface area contributed by atoms with E-state index < -0.39 is 5.97 Å². The van der Waals surface area contributed by atoms with Crippen molar-refractivity contribution in [2.24, 2.45) is 4.99 Å². The normalized spacial score (nSPS) is 14.7. The number of nitrogens with zero attached hydrogens (tertiary/aromatic N) is 3. The molecule has 1 aromatic heterocycles. The molecule has 1 saturated heterocycles. The van der Waals surface area contributed by atoms with Gasteiger partial charge in [0.05, 0.1) is 12.1 Å². The summed E-state index contributed by atoms with van der Waals surface area (Å²) in [5.41, 5.74) is 2.14. The summed E-state index contributed by atoms with van der Waals surface area (Å²) < 4.78 is 10.8. The summed E-state index contributed by atoms with van der Waals surface area (Å²) in [7, 11) is 0. The molecule has 0 atom stereocenters. The quantitative estimate of drug-likeness (QED) is 0.501. The molecule has 0 radical (unpaired) electrons. The first-order chi connectivity index (χ1) is 15.0. The Morgan fingerprint density at radius 3 is 2.77 bits per heavy atom. The average Bonchev–Trinajstić information content (AvgIpc) is 2.78. The van der Waals surface area contributed by atoms with Crippen LogP contribution in [0, 0.1) is 0 Å². The zero-order valence-electron chi connectivity index (χ0n) is 16.9. The Morgan fingerprint density at radius 2 is 2.03 bits per heavy atom. The molecule has 2 heterocycles. The second-order valence-corrected chi connectivity index (χ2v) is 7.04. The number of carbonyl (C=O) groups excluding carboxylic acids is 1. The van der Waals surface area contributed by atoms with E-state index in [1.165, 1.54) is 0 Å². The highest BCUT2D eigenvalue weighted by atomic mass is 16.5. The van der Waals surface area contributed by atoms with Gasteiger partial charge in [-0.15, -0.1) is 0 Å². The van der Waals surface area contributed by atoms with E-state index in [4.69, 9.17) is 9.47 Å². The summed E-state index contributed by atoms with van der Waals surface area (Å²) in [6, 6.07) is 16.6. The Balaban J connectivity index is 1.63. The molecule has 158 valence electrons. The average molecular weight is 419 g/mol. The second-order valence-electron chi connectivity index (χ2n) is 7.04. The van der Waals surface area contributed by atoms with Gasteiger partial charge in [-0.25, -0.2) is 14.8 Å². The van der Waals surface area contributed by atoms with Crippen molar-refractivity contribution >= 4 is 40.1 Å². The van der Waals surface area contributed by atoms with Crippen LogP contribution in [-0.4, -0.2) is 47.6 Å². The summed E-state index contributed by atoms with van der Waals surface area (Å²) in [4.78, 5) is 34.2. The third-order valence-corrected chi connectivity index (χ3v) is 4.85. The Bertz CT molecular complexity index is 1160. The monoisotopic (exact) mass is 419 g/mol. The van der Waals surface area contributed by atoms with Gasteiger partial charge >= 0.3 is 5.97 Å². The molecular weight excluding hydrogens is 398 g/mol. The van der Waals surface area contributed by atoms with Crippen LogP contribution in [0.1, 0.15) is 23.0 Å². The fourth-order valence-corrected chi connectivity index (χ4v) is 3.31. The van der Waals surface area contributed by atoms with Crippen molar-refractivity contribution in [3.8, 4) is 0 Å². The predicted molar refractivity (Wildman–Crippen MR) is 116 cm³/mol. The molecule has 0 spiro atoms. The van der Waals surface area contributed by atoms with Crippen LogP contribution >= 0.6 is 0 Å². The molecule has 3 aromatic rings. The van der Waals surface area contributed by atoms with Gasteiger partial charge in [0.25, 0.3) is 5.91 Å². The SMILES string of the molecule is CC(=Nc1cc2ccc(N3CCOCC3=O)cc2nc1C(=O)O)OCc1ccccc1. The number of aromatic nitrogens is 1. The number of hydrogen-bond acceptors (Lipinski definition) is 6. The lowest BCUT2D eigenvalue weighted by molar-refractivity contribution is -0.125. The van der Waals surface area contributed by atoms with Crippen molar-refractivity contribution in [2.75, 3.05) is 24.7 Å². The van der Waals surface area contributed by atoms with Gasteiger partial charge in [-0.3, -0.25) is 4.79 Å². The fraction of sp³-hybridized carbons (Fsp3) is 0.217. The lowest BCUT2D eigenvalue weighted by Gasteiger charge is -2.27. The number of carbonyl (C=O) groups is 2. The number of carboxylic acids is 1. The smallest absolute Gasteiger partial charge is 0.356 e. The molecule has 8 nitrogen and oxygen atoms in total. The highest BCUT2D eigenvalue weighted by molar-refractivity contribution is 6.00. The predicted octanol–water partition coefficient (Wildman–Crippen LogP) is 3.56. The summed E-state index contributed by atoms with van der Waals surface area (Å²) in [6.07, 6.45) is 0. The standard InChI is InChI=1S/C23H21N3O5/c1-15(31-13-16-5-3-2-4-6-16)24-20-11-17-7-8-18(26-9-10-30-14-21(26)27)12-19(17)25-22(20)23(28)29/h2-8,11-12H,9-10,13-14H2,1H3,(H,28,29). The van der Waals surface area contributed by atoms with Gasteiger partial charge < -0.3 is 19.5 Å². The third kappa shape index (κ3) is 4.70. The first kappa shape index (κ1) is 20.5. The molecule has 0 aliphatic carbocycles. The zero-order chi connectivity index (χ0) is 21.8. The molecule has 0 saturated carbocycles. The Hall–Kier alpha value is -3.78. The molecule has 0 unspecified atom stereocenters. The van der Waals surface area contributed by atoms with E-state index >= 15 is 0 Å². The van der Waals surface area contributed by atoms with E-state index in [-0.39, 0.29) is 23.9 Å². The van der Waals surface area contributed by atoms with Crippen LogP contribution in [-0.2, 0) is 20.9 Å². The van der Waals surface area contributed by atoms with Gasteiger partial charge in [0.15, 0.2) is 11.6 Å². The Kier molecular flexibility index (Phi) is 5.90. The zero-order valence-corrected chi connectivity index (χ0v) is 16.9. The number of amides is 1. The molecular formula is C23H21N3O5. The molecule has 1 amide bonds. The first-order valence-corrected chi connectivity index (χ1v) is 9.79. The van der Waals surface area contributed by atoms with Crippen LogP contribution in [0.25, 0.3) is 10.9 Å². The molecule has 1 aliphatic rings. The lowest BCUT2D eigenvalue weighted by atomic mass is 10.1. The largest absolute Gasteiger partial charge is 0.476 e. The number of anilines is 1. The summed E-state index contributed by atoms with van der Waals surface area (Å²) in [5.74, 6) is -0.996. The maximum Gasteiger partial charge on any atom is 0.356 e. The number of fused-ring (bicyclic) bond motifs is 1. The summed E-state index contributed by atoms with van der Waals surface area (Å²) in [6.45, 7) is 2.92. The number of pyridine rings is 1. The van der Waals surface area contributed by atoms with Crippen LogP contribution in [0.3, 0.4) is 0 Å². The number of hydrogen-bond donors (Lipinski definition) is 1. The Morgan fingerprint density at radius 1 is 1.23 bits per heavy atom. The minimum atomic E-state index is -1.19. The van der Waals surface area contributed by atoms with E-state index in [1.807, 2.05) is 30.3 Å². The Labute approximate surface area is 178 Å². The van der Waals surface area contributed by atoms with Crippen LogP contribution in [0.5, 0.6) is 0 Å². The van der Waals surface area contributed by atoms with E-state index in [0.29, 0.717) is 42.2 Å². The number of ether oxygens (including phenoxy) is 2. The number of carboxylic acid groups (broad SMARTS) is 1. The van der Waals surface area contributed by atoms with Gasteiger partial charge in [0, 0.05) is 24.5 Å². The number of rotatable bonds is 5. The summed E-state index contributed by atoms with van der Waals surface area (Å²) >= 11 is 0. The molecule has 8 heteroatoms. The number of aromatic carboxylic acids is 1. The topological polar surface area (TPSA) is 101 Å². The number of benzene rings is 2. The number of morpholine rings is 1. The minimum absolute atomic E-state index is 0.0295. The summed E-state index contributed by atoms with van der Waals surface area (Å²) in [5, 5.41) is 10.4. The van der Waals surface area contributed by atoms with Crippen molar-refractivity contribution in [1.29, 1.82) is 0 Å². The van der Waals surface area contributed by atoms with Crippen molar-refractivity contribution in [1.82, 2.24) is 4.98 Å². The van der Waals surface area contributed by atoms with Crippen molar-refractivity contribution in [3.05, 3.63) is 65.9 Å². The van der Waals surface area contributed by atoms with Crippen LogP contribution in [0.2, 0.25) is 0 Å². The van der Waals surface area contributed by atoms with Crippen LogP contribution < -0.4 is 4.90 Å². The van der Waals surface area contributed by atoms with E-state index in [9.17, 15) is 14.7 Å². The van der Waals surface area contributed by atoms with Gasteiger partial charge in [0.1, 0.15) is 18.9 Å². The van der Waals surface area contributed by atoms with Crippen molar-refractivity contribution in [3.63, 3.8) is 0 Å². The van der Waals surface area contributed by atoms with Crippen molar-refractivity contribution < 1.29 is 24.2 Å². The van der Waals surface area contributed by atoms with Gasteiger partial charge in [-0.05, 0) is 23.8 Å². The van der Waals surface area contributed by atoms with Gasteiger partial charge in [0.2, 0.25) is 0 Å². The molecule has 1 N–H and O–H groups in total. The first-order valence-electron chi connectivity index (χ1n) is 9.79. The molecule has 2 aromatic carbocycles. The third-order valence-electron chi connectivity index (χ3n) is 4.85. The van der Waals surface area contributed by atoms with E-state index in [2.05, 4.69) is 9.98 Å². The van der Waals surface area contributed by atoms with Crippen molar-refractivity contribution in [2.45, 2.75) is 13.5 Å². The molecule has 1 fully saturated rings. The maximum absolute atomic E-state index is 12.1. The minimum Gasteiger partial charge on any atom is -0.476 e. The van der Waals surface area contributed by atoms with Crippen LogP contribution in [0.4, 0.5) is 11.4 Å². The van der Waals surface area contributed by atoms with Crippen LogP contribution in [0.15, 0.2) is 59.6 Å². The molecule has 0 bridgehead atoms.